The summed E-state index contributed by atoms with van der Waals surface area (Å²) in [4.78, 5) is 25.8. The molecule has 1 atom stereocenters. The van der Waals surface area contributed by atoms with Gasteiger partial charge in [-0.2, -0.15) is 0 Å². The molecule has 1 unspecified atom stereocenters. The van der Waals surface area contributed by atoms with E-state index in [4.69, 9.17) is 10.8 Å². The van der Waals surface area contributed by atoms with E-state index in [0.29, 0.717) is 10.6 Å². The third-order valence-corrected chi connectivity index (χ3v) is 3.69. The van der Waals surface area contributed by atoms with Crippen molar-refractivity contribution in [1.29, 1.82) is 0 Å². The molecule has 7 heteroatoms. The van der Waals surface area contributed by atoms with Crippen LogP contribution in [0, 0.1) is 0 Å². The van der Waals surface area contributed by atoms with Crippen molar-refractivity contribution in [2.75, 3.05) is 5.32 Å². The molecule has 4 N–H and O–H groups in total. The number of hydrogen-bond acceptors (Lipinski definition) is 5. The van der Waals surface area contributed by atoms with Gasteiger partial charge in [-0.1, -0.05) is 0 Å². The van der Waals surface area contributed by atoms with Gasteiger partial charge >= 0.3 is 5.97 Å². The zero-order chi connectivity index (χ0) is 14.7. The largest absolute Gasteiger partial charge is 0.476 e. The molecule has 0 aliphatic rings. The first-order valence-corrected chi connectivity index (χ1v) is 6.70. The maximum Gasteiger partial charge on any atom is 0.355 e. The molecular weight excluding hydrogens is 278 g/mol. The summed E-state index contributed by atoms with van der Waals surface area (Å²) in [6, 6.07) is 6.60. The fourth-order valence-electron chi connectivity index (χ4n) is 1.63. The van der Waals surface area contributed by atoms with Crippen molar-refractivity contribution >= 4 is 28.9 Å². The van der Waals surface area contributed by atoms with E-state index in [1.54, 1.807) is 24.3 Å². The lowest BCUT2D eigenvalue weighted by molar-refractivity contribution is 0.0691. The molecule has 0 spiro atoms. The number of benzene rings is 1. The van der Waals surface area contributed by atoms with E-state index in [2.05, 4.69) is 10.3 Å². The summed E-state index contributed by atoms with van der Waals surface area (Å²) in [6.07, 6.45) is 0. The Labute approximate surface area is 119 Å². The predicted molar refractivity (Wildman–Crippen MR) is 76.1 cm³/mol. The van der Waals surface area contributed by atoms with Crippen LogP contribution in [-0.2, 0) is 0 Å². The van der Waals surface area contributed by atoms with Gasteiger partial charge in [0.2, 0.25) is 5.91 Å². The quantitative estimate of drug-likeness (QED) is 0.782. The van der Waals surface area contributed by atoms with E-state index in [1.807, 2.05) is 6.92 Å². The topological polar surface area (TPSA) is 105 Å². The summed E-state index contributed by atoms with van der Waals surface area (Å²) in [5.74, 6) is -1.51. The smallest absolute Gasteiger partial charge is 0.355 e. The third kappa shape index (κ3) is 3.12. The van der Waals surface area contributed by atoms with E-state index < -0.39 is 11.9 Å². The van der Waals surface area contributed by atoms with Gasteiger partial charge in [-0.3, -0.25) is 4.79 Å². The first-order valence-electron chi connectivity index (χ1n) is 5.82. The second-order valence-corrected chi connectivity index (χ2v) is 5.07. The van der Waals surface area contributed by atoms with Crippen molar-refractivity contribution in [2.45, 2.75) is 13.0 Å². The van der Waals surface area contributed by atoms with E-state index in [0.717, 1.165) is 5.69 Å². The number of aromatic carboxylic acids is 1. The average Bonchev–Trinajstić information content (AvgIpc) is 2.89. The SMILES string of the molecule is CC(Nc1ccc(C(N)=O)cc1)c1nc(C(=O)O)cs1. The Hall–Kier alpha value is -2.41. The number of carbonyl (C=O) groups excluding carboxylic acids is 1. The van der Waals surface area contributed by atoms with Crippen LogP contribution in [0.3, 0.4) is 0 Å². The average molecular weight is 291 g/mol. The molecule has 0 aliphatic carbocycles. The van der Waals surface area contributed by atoms with Gasteiger partial charge in [-0.05, 0) is 31.2 Å². The van der Waals surface area contributed by atoms with Crippen molar-refractivity contribution in [1.82, 2.24) is 4.98 Å². The Balaban J connectivity index is 2.08. The molecule has 20 heavy (non-hydrogen) atoms. The van der Waals surface area contributed by atoms with Crippen LogP contribution in [0.25, 0.3) is 0 Å². The van der Waals surface area contributed by atoms with Gasteiger partial charge in [0.05, 0.1) is 6.04 Å². The minimum Gasteiger partial charge on any atom is -0.476 e. The monoisotopic (exact) mass is 291 g/mol. The number of carbonyl (C=O) groups is 2. The number of amides is 1. The van der Waals surface area contributed by atoms with E-state index >= 15 is 0 Å². The molecule has 0 saturated carbocycles. The molecule has 0 radical (unpaired) electrons. The molecule has 0 fully saturated rings. The van der Waals surface area contributed by atoms with E-state index in [1.165, 1.54) is 16.7 Å². The van der Waals surface area contributed by atoms with Crippen LogP contribution < -0.4 is 11.1 Å². The zero-order valence-electron chi connectivity index (χ0n) is 10.7. The number of primary amides is 1. The highest BCUT2D eigenvalue weighted by Crippen LogP contribution is 2.22. The standard InChI is InChI=1S/C13H13N3O3S/c1-7(12-16-10(6-20-12)13(18)19)15-9-4-2-8(3-5-9)11(14)17/h2-7,15H,1H3,(H2,14,17)(H,18,19). The lowest BCUT2D eigenvalue weighted by Gasteiger charge is -2.12. The molecule has 1 amide bonds. The second kappa shape index (κ2) is 5.70. The number of aromatic nitrogens is 1. The van der Waals surface area contributed by atoms with Crippen LogP contribution in [0.4, 0.5) is 5.69 Å². The number of thiazole rings is 1. The number of hydrogen-bond donors (Lipinski definition) is 3. The third-order valence-electron chi connectivity index (χ3n) is 2.66. The number of rotatable bonds is 5. The second-order valence-electron chi connectivity index (χ2n) is 4.18. The highest BCUT2D eigenvalue weighted by molar-refractivity contribution is 7.09. The lowest BCUT2D eigenvalue weighted by Crippen LogP contribution is -2.11. The van der Waals surface area contributed by atoms with Gasteiger partial charge in [0, 0.05) is 16.6 Å². The Morgan fingerprint density at radius 1 is 1.35 bits per heavy atom. The Bertz CT molecular complexity index is 637. The number of nitrogens with one attached hydrogen (secondary N) is 1. The van der Waals surface area contributed by atoms with E-state index in [9.17, 15) is 9.59 Å². The van der Waals surface area contributed by atoms with Gasteiger partial charge in [-0.25, -0.2) is 9.78 Å². The summed E-state index contributed by atoms with van der Waals surface area (Å²) < 4.78 is 0. The van der Waals surface area contributed by atoms with Crippen LogP contribution in [-0.4, -0.2) is 22.0 Å². The molecule has 104 valence electrons. The Kier molecular flexibility index (Phi) is 3.99. The number of carboxylic acids is 1. The molecule has 1 heterocycles. The predicted octanol–water partition coefficient (Wildman–Crippen LogP) is 2.11. The van der Waals surface area contributed by atoms with Gasteiger partial charge < -0.3 is 16.2 Å². The van der Waals surface area contributed by atoms with Crippen molar-refractivity contribution < 1.29 is 14.7 Å². The van der Waals surface area contributed by atoms with Gasteiger partial charge in [0.25, 0.3) is 0 Å². The lowest BCUT2D eigenvalue weighted by atomic mass is 10.2. The molecule has 2 aromatic rings. The molecule has 2 rings (SSSR count). The van der Waals surface area contributed by atoms with Gasteiger partial charge in [-0.15, -0.1) is 11.3 Å². The summed E-state index contributed by atoms with van der Waals surface area (Å²) in [5, 5.41) is 14.2. The van der Waals surface area contributed by atoms with Crippen LogP contribution in [0.15, 0.2) is 29.6 Å². The number of nitrogens with zero attached hydrogens (tertiary/aromatic N) is 1. The summed E-state index contributed by atoms with van der Waals surface area (Å²) in [5.41, 5.74) is 6.44. The number of nitrogens with two attached hydrogens (primary N) is 1. The number of carboxylic acid groups (broad SMARTS) is 1. The maximum absolute atomic E-state index is 11.0. The van der Waals surface area contributed by atoms with Crippen LogP contribution in [0.1, 0.15) is 38.8 Å². The minimum atomic E-state index is -1.04. The molecule has 1 aromatic carbocycles. The maximum atomic E-state index is 11.0. The van der Waals surface area contributed by atoms with Gasteiger partial charge in [0.15, 0.2) is 5.69 Å². The fraction of sp³-hybridized carbons (Fsp3) is 0.154. The molecular formula is C13H13N3O3S. The van der Waals surface area contributed by atoms with Crippen molar-refractivity contribution in [3.05, 3.63) is 45.9 Å². The highest BCUT2D eigenvalue weighted by Gasteiger charge is 2.14. The summed E-state index contributed by atoms with van der Waals surface area (Å²) >= 11 is 1.28. The molecule has 6 nitrogen and oxygen atoms in total. The summed E-state index contributed by atoms with van der Waals surface area (Å²) in [7, 11) is 0. The zero-order valence-corrected chi connectivity index (χ0v) is 11.5. The van der Waals surface area contributed by atoms with Crippen LogP contribution in [0.5, 0.6) is 0 Å². The number of anilines is 1. The molecule has 0 aliphatic heterocycles. The Morgan fingerprint density at radius 2 is 2.00 bits per heavy atom. The first kappa shape index (κ1) is 14.0. The van der Waals surface area contributed by atoms with Crippen LogP contribution >= 0.6 is 11.3 Å². The first-order chi connectivity index (χ1) is 9.47. The molecule has 1 aromatic heterocycles. The van der Waals surface area contributed by atoms with Crippen molar-refractivity contribution in [2.24, 2.45) is 5.73 Å². The minimum absolute atomic E-state index is 0.0442. The van der Waals surface area contributed by atoms with E-state index in [-0.39, 0.29) is 11.7 Å². The summed E-state index contributed by atoms with van der Waals surface area (Å²) in [6.45, 7) is 1.88. The highest BCUT2D eigenvalue weighted by atomic mass is 32.1. The van der Waals surface area contributed by atoms with Crippen molar-refractivity contribution in [3.8, 4) is 0 Å². The van der Waals surface area contributed by atoms with Gasteiger partial charge in [0.1, 0.15) is 5.01 Å². The Morgan fingerprint density at radius 3 is 2.50 bits per heavy atom. The molecule has 0 bridgehead atoms. The van der Waals surface area contributed by atoms with Crippen LogP contribution in [0.2, 0.25) is 0 Å². The normalized spacial score (nSPS) is 11.8. The molecule has 0 saturated heterocycles. The van der Waals surface area contributed by atoms with Crippen molar-refractivity contribution in [3.63, 3.8) is 0 Å². The fourth-order valence-corrected chi connectivity index (χ4v) is 2.43.